The molecule has 0 unspecified atom stereocenters. The van der Waals surface area contributed by atoms with Crippen LogP contribution in [0.1, 0.15) is 58.6 Å². The number of halogens is 3. The zero-order valence-corrected chi connectivity index (χ0v) is 17.6. The predicted molar refractivity (Wildman–Crippen MR) is 101 cm³/mol. The van der Waals surface area contributed by atoms with Crippen molar-refractivity contribution in [2.24, 2.45) is 11.3 Å². The Balaban J connectivity index is 3.22. The fraction of sp³-hybridized carbons (Fsp3) is 0.619. The van der Waals surface area contributed by atoms with Crippen molar-refractivity contribution in [2.45, 2.75) is 59.2 Å². The normalized spacial score (nSPS) is 14.8. The van der Waals surface area contributed by atoms with Crippen molar-refractivity contribution in [3.05, 3.63) is 35.4 Å². The van der Waals surface area contributed by atoms with Gasteiger partial charge in [-0.15, -0.1) is 0 Å². The number of aliphatic hydroxyl groups excluding tert-OH is 1. The molecular formula is C21H29F3O5. The molecule has 0 bridgehead atoms. The molecule has 0 amide bonds. The predicted octanol–water partition coefficient (Wildman–Crippen LogP) is 4.33. The summed E-state index contributed by atoms with van der Waals surface area (Å²) in [6.07, 6.45) is -4.51. The third-order valence-electron chi connectivity index (χ3n) is 4.06. The van der Waals surface area contributed by atoms with E-state index in [-0.39, 0.29) is 6.61 Å². The van der Waals surface area contributed by atoms with Crippen molar-refractivity contribution in [1.29, 1.82) is 0 Å². The second-order valence-corrected chi connectivity index (χ2v) is 8.90. The number of hydrogen-bond donors (Lipinski definition) is 1. The van der Waals surface area contributed by atoms with Crippen molar-refractivity contribution < 1.29 is 37.3 Å². The number of benzene rings is 1. The summed E-state index contributed by atoms with van der Waals surface area (Å²) >= 11 is 0. The van der Waals surface area contributed by atoms with Crippen LogP contribution in [0.25, 0.3) is 0 Å². The van der Waals surface area contributed by atoms with Gasteiger partial charge < -0.3 is 14.6 Å². The molecule has 0 aliphatic carbocycles. The smallest absolute Gasteiger partial charge is 0.416 e. The van der Waals surface area contributed by atoms with Gasteiger partial charge in [-0.25, -0.2) is 0 Å². The van der Waals surface area contributed by atoms with E-state index in [1.165, 1.54) is 12.1 Å². The molecule has 2 atom stereocenters. The molecule has 164 valence electrons. The van der Waals surface area contributed by atoms with E-state index in [0.717, 1.165) is 12.1 Å². The first-order valence-electron chi connectivity index (χ1n) is 9.24. The van der Waals surface area contributed by atoms with Gasteiger partial charge in [0.2, 0.25) is 0 Å². The highest BCUT2D eigenvalue weighted by molar-refractivity contribution is 5.76. The molecule has 0 aliphatic rings. The fourth-order valence-electron chi connectivity index (χ4n) is 2.49. The quantitative estimate of drug-likeness (QED) is 0.697. The van der Waals surface area contributed by atoms with Crippen LogP contribution in [-0.2, 0) is 25.2 Å². The second kappa shape index (κ2) is 9.15. The highest BCUT2D eigenvalue weighted by Gasteiger charge is 2.36. The van der Waals surface area contributed by atoms with Crippen LogP contribution < -0.4 is 0 Å². The van der Waals surface area contributed by atoms with Crippen LogP contribution >= 0.6 is 0 Å². The minimum absolute atomic E-state index is 0.286. The number of aliphatic hydroxyl groups is 1. The molecule has 0 heterocycles. The molecule has 1 N–H and O–H groups in total. The SMILES string of the molecule is CC(C)(C)OC(=O)[C@H](CO)[C@H](COC(=O)C(C)(C)C)c1ccc(C(F)(F)F)cc1. The standard InChI is InChI=1S/C21H29F3O5/c1-19(2,3)18(27)28-12-16(15(11-25)17(26)29-20(4,5)6)13-7-9-14(10-8-13)21(22,23)24/h7-10,15-16,25H,11-12H2,1-6H3/t15-,16-/m1/s1. The zero-order valence-electron chi connectivity index (χ0n) is 17.6. The number of carbonyl (C=O) groups excluding carboxylic acids is 2. The molecular weight excluding hydrogens is 389 g/mol. The summed E-state index contributed by atoms with van der Waals surface area (Å²) in [7, 11) is 0. The van der Waals surface area contributed by atoms with E-state index in [4.69, 9.17) is 9.47 Å². The Morgan fingerprint density at radius 3 is 1.90 bits per heavy atom. The molecule has 1 rings (SSSR count). The van der Waals surface area contributed by atoms with Crippen molar-refractivity contribution in [2.75, 3.05) is 13.2 Å². The molecule has 1 aromatic carbocycles. The van der Waals surface area contributed by atoms with Gasteiger partial charge in [0.15, 0.2) is 0 Å². The minimum Gasteiger partial charge on any atom is -0.465 e. The summed E-state index contributed by atoms with van der Waals surface area (Å²) in [5.74, 6) is -3.24. The lowest BCUT2D eigenvalue weighted by molar-refractivity contribution is -0.165. The lowest BCUT2D eigenvalue weighted by atomic mass is 9.86. The average Bonchev–Trinajstić information content (AvgIpc) is 2.55. The van der Waals surface area contributed by atoms with E-state index in [1.54, 1.807) is 41.5 Å². The lowest BCUT2D eigenvalue weighted by Gasteiger charge is -2.29. The summed E-state index contributed by atoms with van der Waals surface area (Å²) in [5, 5.41) is 9.81. The van der Waals surface area contributed by atoms with E-state index in [9.17, 15) is 27.9 Å². The monoisotopic (exact) mass is 418 g/mol. The third kappa shape index (κ3) is 7.68. The summed E-state index contributed by atoms with van der Waals surface area (Å²) in [6, 6.07) is 4.20. The van der Waals surface area contributed by atoms with E-state index in [1.807, 2.05) is 0 Å². The number of alkyl halides is 3. The minimum atomic E-state index is -4.51. The third-order valence-corrected chi connectivity index (χ3v) is 4.06. The Kier molecular flexibility index (Phi) is 7.87. The highest BCUT2D eigenvalue weighted by Crippen LogP contribution is 2.33. The molecule has 0 saturated carbocycles. The summed E-state index contributed by atoms with van der Waals surface area (Å²) in [4.78, 5) is 24.7. The first-order valence-corrected chi connectivity index (χ1v) is 9.24. The Hall–Kier alpha value is -2.09. The van der Waals surface area contributed by atoms with E-state index in [0.29, 0.717) is 5.56 Å². The van der Waals surface area contributed by atoms with Gasteiger partial charge in [-0.3, -0.25) is 9.59 Å². The molecule has 0 spiro atoms. The number of rotatable bonds is 6. The van der Waals surface area contributed by atoms with Gasteiger partial charge >= 0.3 is 18.1 Å². The number of esters is 2. The van der Waals surface area contributed by atoms with Gasteiger partial charge in [0.1, 0.15) is 5.60 Å². The topological polar surface area (TPSA) is 72.8 Å². The summed E-state index contributed by atoms with van der Waals surface area (Å²) in [6.45, 7) is 9.03. The molecule has 0 saturated heterocycles. The molecule has 0 fully saturated rings. The van der Waals surface area contributed by atoms with Crippen LogP contribution in [0.15, 0.2) is 24.3 Å². The van der Waals surface area contributed by atoms with Crippen molar-refractivity contribution in [3.63, 3.8) is 0 Å². The van der Waals surface area contributed by atoms with Crippen LogP contribution in [0.3, 0.4) is 0 Å². The number of carbonyl (C=O) groups is 2. The van der Waals surface area contributed by atoms with Crippen molar-refractivity contribution in [1.82, 2.24) is 0 Å². The van der Waals surface area contributed by atoms with Gasteiger partial charge in [-0.2, -0.15) is 13.2 Å². The first kappa shape index (κ1) is 24.9. The van der Waals surface area contributed by atoms with Gasteiger partial charge in [0, 0.05) is 5.92 Å². The fourth-order valence-corrected chi connectivity index (χ4v) is 2.49. The lowest BCUT2D eigenvalue weighted by Crippen LogP contribution is -2.36. The maximum Gasteiger partial charge on any atom is 0.416 e. The highest BCUT2D eigenvalue weighted by atomic mass is 19.4. The van der Waals surface area contributed by atoms with Gasteiger partial charge in [0.25, 0.3) is 0 Å². The Morgan fingerprint density at radius 2 is 1.52 bits per heavy atom. The van der Waals surface area contributed by atoms with Crippen LogP contribution in [-0.4, -0.2) is 35.9 Å². The van der Waals surface area contributed by atoms with Crippen LogP contribution in [0.4, 0.5) is 13.2 Å². The second-order valence-electron chi connectivity index (χ2n) is 8.90. The largest absolute Gasteiger partial charge is 0.465 e. The van der Waals surface area contributed by atoms with Gasteiger partial charge in [-0.1, -0.05) is 12.1 Å². The Bertz CT molecular complexity index is 697. The van der Waals surface area contributed by atoms with E-state index >= 15 is 0 Å². The first-order chi connectivity index (χ1) is 13.1. The van der Waals surface area contributed by atoms with E-state index < -0.39 is 53.1 Å². The van der Waals surface area contributed by atoms with Crippen LogP contribution in [0.5, 0.6) is 0 Å². The Morgan fingerprint density at radius 1 is 1.00 bits per heavy atom. The zero-order chi connectivity index (χ0) is 22.6. The maximum absolute atomic E-state index is 12.9. The molecule has 0 aliphatic heterocycles. The van der Waals surface area contributed by atoms with Crippen LogP contribution in [0, 0.1) is 11.3 Å². The number of ether oxygens (including phenoxy) is 2. The van der Waals surface area contributed by atoms with Crippen molar-refractivity contribution >= 4 is 11.9 Å². The Labute approximate surface area is 169 Å². The maximum atomic E-state index is 12.9. The van der Waals surface area contributed by atoms with Crippen molar-refractivity contribution in [3.8, 4) is 0 Å². The molecule has 5 nitrogen and oxygen atoms in total. The molecule has 1 aromatic rings. The molecule has 0 radical (unpaired) electrons. The average molecular weight is 418 g/mol. The van der Waals surface area contributed by atoms with Gasteiger partial charge in [0.05, 0.1) is 30.1 Å². The number of hydrogen-bond acceptors (Lipinski definition) is 5. The van der Waals surface area contributed by atoms with Gasteiger partial charge in [-0.05, 0) is 59.2 Å². The summed E-state index contributed by atoms with van der Waals surface area (Å²) in [5.41, 5.74) is -2.14. The molecule has 0 aromatic heterocycles. The van der Waals surface area contributed by atoms with Crippen LogP contribution in [0.2, 0.25) is 0 Å². The molecule has 29 heavy (non-hydrogen) atoms. The summed E-state index contributed by atoms with van der Waals surface area (Å²) < 4.78 is 49.2. The molecule has 8 heteroatoms. The van der Waals surface area contributed by atoms with E-state index in [2.05, 4.69) is 0 Å².